The van der Waals surface area contributed by atoms with Gasteiger partial charge in [0, 0.05) is 31.6 Å². The lowest BCUT2D eigenvalue weighted by atomic mass is 10.0. The Kier molecular flexibility index (Phi) is 6.47. The third-order valence-electron chi connectivity index (χ3n) is 5.90. The van der Waals surface area contributed by atoms with Crippen LogP contribution < -0.4 is 4.90 Å². The zero-order chi connectivity index (χ0) is 23.7. The first-order valence-electron chi connectivity index (χ1n) is 11.2. The van der Waals surface area contributed by atoms with Crippen LogP contribution in [0, 0.1) is 18.7 Å². The molecule has 7 nitrogen and oxygen atoms in total. The summed E-state index contributed by atoms with van der Waals surface area (Å²) in [6.45, 7) is 7.92. The van der Waals surface area contributed by atoms with E-state index in [0.29, 0.717) is 43.9 Å². The van der Waals surface area contributed by atoms with Gasteiger partial charge in [-0.3, -0.25) is 4.79 Å². The molecule has 1 aliphatic heterocycles. The van der Waals surface area contributed by atoms with Crippen LogP contribution in [-0.4, -0.2) is 63.3 Å². The second kappa shape index (κ2) is 9.31. The number of nitrogens with zero attached hydrogens (tertiary/aromatic N) is 4. The minimum Gasteiger partial charge on any atom is -0.507 e. The number of phenols is 1. The quantitative estimate of drug-likeness (QED) is 0.616. The molecule has 0 radical (unpaired) electrons. The van der Waals surface area contributed by atoms with Gasteiger partial charge in [-0.15, -0.1) is 0 Å². The lowest BCUT2D eigenvalue weighted by Crippen LogP contribution is -2.52. The molecule has 2 N–H and O–H groups in total. The number of aromatic hydroxyl groups is 1. The Labute approximate surface area is 192 Å². The summed E-state index contributed by atoms with van der Waals surface area (Å²) in [4.78, 5) is 25.7. The van der Waals surface area contributed by atoms with Crippen LogP contribution in [0.1, 0.15) is 25.8 Å². The van der Waals surface area contributed by atoms with Crippen LogP contribution in [0.25, 0.3) is 22.3 Å². The van der Waals surface area contributed by atoms with Crippen molar-refractivity contribution in [2.75, 3.05) is 31.1 Å². The molecule has 1 atom stereocenters. The predicted molar refractivity (Wildman–Crippen MR) is 126 cm³/mol. The fourth-order valence-corrected chi connectivity index (χ4v) is 4.17. The number of halogens is 1. The van der Waals surface area contributed by atoms with E-state index in [1.165, 1.54) is 18.2 Å². The van der Waals surface area contributed by atoms with Gasteiger partial charge in [0.05, 0.1) is 11.1 Å². The molecule has 0 aliphatic carbocycles. The molecule has 4 rings (SSSR count). The molecule has 1 unspecified atom stereocenters. The van der Waals surface area contributed by atoms with Gasteiger partial charge in [-0.2, -0.15) is 0 Å². The van der Waals surface area contributed by atoms with E-state index in [-0.39, 0.29) is 29.0 Å². The molecular weight excluding hydrogens is 423 g/mol. The molecule has 1 fully saturated rings. The van der Waals surface area contributed by atoms with E-state index in [1.54, 1.807) is 4.90 Å². The molecule has 174 valence electrons. The summed E-state index contributed by atoms with van der Waals surface area (Å²) in [5.41, 5.74) is 1.95. The number of rotatable bonds is 5. The summed E-state index contributed by atoms with van der Waals surface area (Å²) in [5, 5.41) is 21.4. The Morgan fingerprint density at radius 2 is 1.82 bits per heavy atom. The number of piperazine rings is 1. The van der Waals surface area contributed by atoms with E-state index in [4.69, 9.17) is 4.98 Å². The van der Waals surface area contributed by atoms with Crippen molar-refractivity contribution >= 4 is 22.6 Å². The van der Waals surface area contributed by atoms with Crippen LogP contribution in [0.4, 0.5) is 10.2 Å². The fraction of sp³-hybridized carbons (Fsp3) is 0.400. The Morgan fingerprint density at radius 1 is 1.09 bits per heavy atom. The van der Waals surface area contributed by atoms with Gasteiger partial charge < -0.3 is 20.0 Å². The summed E-state index contributed by atoms with van der Waals surface area (Å²) in [7, 11) is 0. The molecule has 3 aromatic rings. The van der Waals surface area contributed by atoms with Gasteiger partial charge in [0.1, 0.15) is 23.5 Å². The van der Waals surface area contributed by atoms with Crippen molar-refractivity contribution in [3.05, 3.63) is 47.8 Å². The van der Waals surface area contributed by atoms with Gasteiger partial charge in [0.2, 0.25) is 0 Å². The van der Waals surface area contributed by atoms with E-state index in [1.807, 2.05) is 39.0 Å². The number of carbonyl (C=O) groups is 1. The minimum atomic E-state index is -0.984. The number of benzene rings is 2. The molecule has 2 aromatic carbocycles. The van der Waals surface area contributed by atoms with Crippen molar-refractivity contribution in [3.63, 3.8) is 0 Å². The third kappa shape index (κ3) is 4.90. The predicted octanol–water partition coefficient (Wildman–Crippen LogP) is 3.51. The largest absolute Gasteiger partial charge is 0.507 e. The number of hydrogen-bond acceptors (Lipinski definition) is 6. The standard InChI is InChI=1S/C25H29FN4O3/c1-15(2)12-22(32)25(33)30-10-8-29(9-11-30)24-18-6-4-16(3)13-20(18)27-23(28-24)19-14-17(26)5-7-21(19)31/h4-7,13-15,22,31-32H,8-12H2,1-3H3. The van der Waals surface area contributed by atoms with Gasteiger partial charge in [-0.25, -0.2) is 14.4 Å². The van der Waals surface area contributed by atoms with E-state index >= 15 is 0 Å². The van der Waals surface area contributed by atoms with Crippen LogP contribution in [0.5, 0.6) is 5.75 Å². The number of phenolic OH excluding ortho intramolecular Hbond substituents is 1. The normalized spacial score (nSPS) is 15.3. The van der Waals surface area contributed by atoms with Gasteiger partial charge in [-0.05, 0) is 55.2 Å². The van der Waals surface area contributed by atoms with Crippen LogP contribution in [0.2, 0.25) is 0 Å². The molecule has 33 heavy (non-hydrogen) atoms. The first-order valence-corrected chi connectivity index (χ1v) is 11.2. The maximum absolute atomic E-state index is 13.9. The van der Waals surface area contributed by atoms with Crippen molar-refractivity contribution in [2.24, 2.45) is 5.92 Å². The van der Waals surface area contributed by atoms with Gasteiger partial charge in [-0.1, -0.05) is 19.9 Å². The van der Waals surface area contributed by atoms with Crippen LogP contribution in [0.3, 0.4) is 0 Å². The summed E-state index contributed by atoms with van der Waals surface area (Å²) in [5.74, 6) is 0.336. The smallest absolute Gasteiger partial charge is 0.251 e. The number of amides is 1. The highest BCUT2D eigenvalue weighted by molar-refractivity contribution is 5.92. The zero-order valence-corrected chi connectivity index (χ0v) is 19.1. The number of fused-ring (bicyclic) bond motifs is 1. The molecule has 8 heteroatoms. The monoisotopic (exact) mass is 452 g/mol. The molecule has 1 saturated heterocycles. The zero-order valence-electron chi connectivity index (χ0n) is 19.1. The summed E-state index contributed by atoms with van der Waals surface area (Å²) >= 11 is 0. The van der Waals surface area contributed by atoms with E-state index in [0.717, 1.165) is 10.9 Å². The SMILES string of the molecule is Cc1ccc2c(N3CCN(C(=O)C(O)CC(C)C)CC3)nc(-c3cc(F)ccc3O)nc2c1. The Hall–Kier alpha value is -3.26. The number of anilines is 1. The van der Waals surface area contributed by atoms with Crippen molar-refractivity contribution < 1.29 is 19.4 Å². The lowest BCUT2D eigenvalue weighted by molar-refractivity contribution is -0.141. The topological polar surface area (TPSA) is 89.8 Å². The highest BCUT2D eigenvalue weighted by Crippen LogP contribution is 2.33. The molecule has 0 bridgehead atoms. The number of aliphatic hydroxyl groups excluding tert-OH is 1. The van der Waals surface area contributed by atoms with E-state index in [9.17, 15) is 19.4 Å². The van der Waals surface area contributed by atoms with Gasteiger partial charge >= 0.3 is 0 Å². The Morgan fingerprint density at radius 3 is 2.52 bits per heavy atom. The van der Waals surface area contributed by atoms with Gasteiger partial charge in [0.15, 0.2) is 5.82 Å². The lowest BCUT2D eigenvalue weighted by Gasteiger charge is -2.37. The molecule has 1 aromatic heterocycles. The van der Waals surface area contributed by atoms with Crippen LogP contribution in [0.15, 0.2) is 36.4 Å². The molecule has 1 aliphatic rings. The second-order valence-corrected chi connectivity index (χ2v) is 9.01. The first-order chi connectivity index (χ1) is 15.7. The van der Waals surface area contributed by atoms with Gasteiger partial charge in [0.25, 0.3) is 5.91 Å². The maximum Gasteiger partial charge on any atom is 0.251 e. The molecule has 0 saturated carbocycles. The van der Waals surface area contributed by atoms with Crippen molar-refractivity contribution in [1.82, 2.24) is 14.9 Å². The average molecular weight is 453 g/mol. The summed E-state index contributed by atoms with van der Waals surface area (Å²) < 4.78 is 13.9. The van der Waals surface area contributed by atoms with Crippen LogP contribution >= 0.6 is 0 Å². The average Bonchev–Trinajstić information content (AvgIpc) is 2.79. The number of aromatic nitrogens is 2. The van der Waals surface area contributed by atoms with E-state index < -0.39 is 11.9 Å². The number of carbonyl (C=O) groups excluding carboxylic acids is 1. The fourth-order valence-electron chi connectivity index (χ4n) is 4.17. The number of hydrogen-bond donors (Lipinski definition) is 2. The van der Waals surface area contributed by atoms with Crippen LogP contribution in [-0.2, 0) is 4.79 Å². The second-order valence-electron chi connectivity index (χ2n) is 9.01. The molecule has 1 amide bonds. The number of aryl methyl sites for hydroxylation is 1. The third-order valence-corrected chi connectivity index (χ3v) is 5.90. The summed E-state index contributed by atoms with van der Waals surface area (Å²) in [6.07, 6.45) is -0.544. The maximum atomic E-state index is 13.9. The molecule has 0 spiro atoms. The molecular formula is C25H29FN4O3. The number of aliphatic hydroxyl groups is 1. The van der Waals surface area contributed by atoms with Crippen molar-refractivity contribution in [3.8, 4) is 17.1 Å². The van der Waals surface area contributed by atoms with Crippen molar-refractivity contribution in [1.29, 1.82) is 0 Å². The molecule has 2 heterocycles. The Balaban J connectivity index is 1.65. The highest BCUT2D eigenvalue weighted by Gasteiger charge is 2.28. The highest BCUT2D eigenvalue weighted by atomic mass is 19.1. The van der Waals surface area contributed by atoms with Crippen molar-refractivity contribution in [2.45, 2.75) is 33.3 Å². The minimum absolute atomic E-state index is 0.0936. The van der Waals surface area contributed by atoms with E-state index in [2.05, 4.69) is 9.88 Å². The Bertz CT molecular complexity index is 1180. The summed E-state index contributed by atoms with van der Waals surface area (Å²) in [6, 6.07) is 9.58. The first kappa shape index (κ1) is 22.9.